The third-order valence-corrected chi connectivity index (χ3v) is 6.46. The summed E-state index contributed by atoms with van der Waals surface area (Å²) in [5, 5.41) is 23.8. The molecule has 10 nitrogen and oxygen atoms in total. The molecule has 0 saturated heterocycles. The number of fused-ring (bicyclic) bond motifs is 2. The van der Waals surface area contributed by atoms with Gasteiger partial charge in [-0.2, -0.15) is 9.61 Å². The highest BCUT2D eigenvalue weighted by atomic mass is 79.9. The average Bonchev–Trinajstić information content (AvgIpc) is 3.54. The van der Waals surface area contributed by atoms with E-state index in [1.807, 2.05) is 42.5 Å². The van der Waals surface area contributed by atoms with Crippen molar-refractivity contribution in [2.24, 2.45) is 0 Å². The number of hydrogen-bond donors (Lipinski definition) is 4. The van der Waals surface area contributed by atoms with Gasteiger partial charge in [-0.25, -0.2) is 9.78 Å². The van der Waals surface area contributed by atoms with E-state index in [-0.39, 0.29) is 18.6 Å². The van der Waals surface area contributed by atoms with Crippen LogP contribution < -0.4 is 25.4 Å². The van der Waals surface area contributed by atoms with Crippen LogP contribution in [0.1, 0.15) is 5.56 Å². The number of aromatic hydroxyl groups is 1. The fourth-order valence-electron chi connectivity index (χ4n) is 4.11. The van der Waals surface area contributed by atoms with Crippen LogP contribution in [-0.4, -0.2) is 32.5 Å². The number of halogens is 1. The molecule has 0 saturated carbocycles. The van der Waals surface area contributed by atoms with Crippen LogP contribution in [-0.2, 0) is 6.54 Å². The molecule has 4 N–H and O–H groups in total. The van der Waals surface area contributed by atoms with E-state index < -0.39 is 0 Å². The molecule has 11 heteroatoms. The van der Waals surface area contributed by atoms with Gasteiger partial charge in [0.15, 0.2) is 17.1 Å². The predicted octanol–water partition coefficient (Wildman–Crippen LogP) is 5.85. The molecular weight excluding hydrogens is 552 g/mol. The highest BCUT2D eigenvalue weighted by molar-refractivity contribution is 9.10. The van der Waals surface area contributed by atoms with E-state index in [0.29, 0.717) is 52.1 Å². The molecule has 2 amide bonds. The number of nitrogens with zero attached hydrogens (tertiary/aromatic N) is 3. The first kappa shape index (κ1) is 23.6. The van der Waals surface area contributed by atoms with E-state index in [1.54, 1.807) is 41.0 Å². The van der Waals surface area contributed by atoms with Crippen LogP contribution in [0, 0.1) is 0 Å². The van der Waals surface area contributed by atoms with Gasteiger partial charge < -0.3 is 30.5 Å². The molecule has 0 radical (unpaired) electrons. The number of carbonyl (C=O) groups is 1. The molecule has 1 aliphatic rings. The first-order valence-corrected chi connectivity index (χ1v) is 12.5. The molecular formula is C27H21BrN6O4. The highest BCUT2D eigenvalue weighted by Crippen LogP contribution is 2.34. The van der Waals surface area contributed by atoms with Gasteiger partial charge in [0.25, 0.3) is 0 Å². The number of carbonyl (C=O) groups excluding carboxylic acids is 1. The third-order valence-electron chi connectivity index (χ3n) is 5.90. The summed E-state index contributed by atoms with van der Waals surface area (Å²) >= 11 is 3.50. The van der Waals surface area contributed by atoms with Gasteiger partial charge in [0, 0.05) is 35.6 Å². The molecule has 0 atom stereocenters. The molecule has 3 heterocycles. The number of rotatable bonds is 6. The summed E-state index contributed by atoms with van der Waals surface area (Å²) in [6, 6.07) is 21.2. The van der Waals surface area contributed by atoms with E-state index in [9.17, 15) is 9.90 Å². The zero-order chi connectivity index (χ0) is 26.1. The first-order chi connectivity index (χ1) is 18.5. The van der Waals surface area contributed by atoms with Crippen molar-refractivity contribution in [2.45, 2.75) is 6.54 Å². The maximum Gasteiger partial charge on any atom is 0.323 e. The molecule has 3 aromatic carbocycles. The predicted molar refractivity (Wildman–Crippen MR) is 147 cm³/mol. The summed E-state index contributed by atoms with van der Waals surface area (Å²) in [6.07, 6.45) is 1.67. The number of ether oxygens (including phenoxy) is 2. The number of benzene rings is 3. The molecule has 0 spiro atoms. The summed E-state index contributed by atoms with van der Waals surface area (Å²) in [4.78, 5) is 17.2. The zero-order valence-corrected chi connectivity index (χ0v) is 21.4. The second kappa shape index (κ2) is 9.94. The van der Waals surface area contributed by atoms with E-state index >= 15 is 0 Å². The Hall–Kier alpha value is -4.77. The zero-order valence-electron chi connectivity index (χ0n) is 19.8. The van der Waals surface area contributed by atoms with Gasteiger partial charge in [0.1, 0.15) is 11.6 Å². The molecule has 38 heavy (non-hydrogen) atoms. The lowest BCUT2D eigenvalue weighted by Gasteiger charge is -2.13. The number of phenolic OH excluding ortho intramolecular Hbond substituents is 1. The lowest BCUT2D eigenvalue weighted by atomic mass is 10.1. The number of aromatic nitrogens is 3. The number of nitrogens with one attached hydrogen (secondary N) is 3. The van der Waals surface area contributed by atoms with Gasteiger partial charge in [-0.05, 0) is 57.9 Å². The topological polar surface area (TPSA) is 122 Å². The summed E-state index contributed by atoms with van der Waals surface area (Å²) in [7, 11) is 0. The Labute approximate surface area is 225 Å². The van der Waals surface area contributed by atoms with Crippen molar-refractivity contribution in [3.8, 4) is 28.5 Å². The van der Waals surface area contributed by atoms with Crippen LogP contribution in [0.25, 0.3) is 16.9 Å². The third kappa shape index (κ3) is 4.78. The summed E-state index contributed by atoms with van der Waals surface area (Å²) in [5.41, 5.74) is 4.01. The van der Waals surface area contributed by atoms with Crippen LogP contribution in [0.4, 0.5) is 22.0 Å². The summed E-state index contributed by atoms with van der Waals surface area (Å²) < 4.78 is 13.1. The van der Waals surface area contributed by atoms with Crippen LogP contribution in [0.15, 0.2) is 83.5 Å². The Bertz CT molecular complexity index is 1670. The molecule has 0 aliphatic carbocycles. The van der Waals surface area contributed by atoms with Gasteiger partial charge in [-0.3, -0.25) is 0 Å². The fraction of sp³-hybridized carbons (Fsp3) is 0.0741. The number of anilines is 3. The van der Waals surface area contributed by atoms with Crippen molar-refractivity contribution in [3.63, 3.8) is 0 Å². The fourth-order valence-corrected chi connectivity index (χ4v) is 4.46. The monoisotopic (exact) mass is 572 g/mol. The molecule has 6 rings (SSSR count). The molecule has 2 aromatic heterocycles. The first-order valence-electron chi connectivity index (χ1n) is 11.7. The lowest BCUT2D eigenvalue weighted by Crippen LogP contribution is -2.19. The molecule has 0 unspecified atom stereocenters. The van der Waals surface area contributed by atoms with Gasteiger partial charge >= 0.3 is 6.03 Å². The van der Waals surface area contributed by atoms with Gasteiger partial charge in [0.05, 0.1) is 16.4 Å². The number of para-hydroxylation sites is 1. The lowest BCUT2D eigenvalue weighted by molar-refractivity contribution is 0.174. The number of urea groups is 1. The van der Waals surface area contributed by atoms with Gasteiger partial charge in [-0.1, -0.05) is 24.3 Å². The Morgan fingerprint density at radius 2 is 1.79 bits per heavy atom. The second-order valence-corrected chi connectivity index (χ2v) is 9.33. The number of hydrogen-bond acceptors (Lipinski definition) is 7. The minimum absolute atomic E-state index is 0.142. The van der Waals surface area contributed by atoms with Crippen LogP contribution in [0.2, 0.25) is 0 Å². The quantitative estimate of drug-likeness (QED) is 0.201. The van der Waals surface area contributed by atoms with Crippen molar-refractivity contribution < 1.29 is 19.4 Å². The molecule has 0 fully saturated rings. The number of amides is 2. The number of phenols is 1. The minimum atomic E-state index is -0.376. The van der Waals surface area contributed by atoms with Crippen LogP contribution >= 0.6 is 15.9 Å². The van der Waals surface area contributed by atoms with Crippen LogP contribution in [0.3, 0.4) is 0 Å². The smallest absolute Gasteiger partial charge is 0.323 e. The average molecular weight is 573 g/mol. The van der Waals surface area contributed by atoms with E-state index in [0.717, 1.165) is 10.0 Å². The maximum atomic E-state index is 12.6. The SMILES string of the molecule is O=C(Nc1cccc(CNc2cc(-c3ccccc3O)nc3c(Br)cnn23)c1)Nc1ccc2c(c1)OCO2. The van der Waals surface area contributed by atoms with Crippen molar-refractivity contribution in [3.05, 3.63) is 89.0 Å². The van der Waals surface area contributed by atoms with E-state index in [4.69, 9.17) is 9.47 Å². The Morgan fingerprint density at radius 3 is 2.66 bits per heavy atom. The largest absolute Gasteiger partial charge is 0.507 e. The van der Waals surface area contributed by atoms with E-state index in [1.165, 1.54) is 0 Å². The summed E-state index contributed by atoms with van der Waals surface area (Å²) in [5.74, 6) is 2.08. The molecule has 190 valence electrons. The highest BCUT2D eigenvalue weighted by Gasteiger charge is 2.15. The Morgan fingerprint density at radius 1 is 0.974 bits per heavy atom. The normalized spacial score (nSPS) is 11.9. The van der Waals surface area contributed by atoms with Gasteiger partial charge in [-0.15, -0.1) is 0 Å². The minimum Gasteiger partial charge on any atom is -0.507 e. The second-order valence-electron chi connectivity index (χ2n) is 8.47. The van der Waals surface area contributed by atoms with Crippen molar-refractivity contribution in [1.29, 1.82) is 0 Å². The Balaban J connectivity index is 1.18. The van der Waals surface area contributed by atoms with Gasteiger partial charge in [0.2, 0.25) is 6.79 Å². The van der Waals surface area contributed by atoms with Crippen molar-refractivity contribution in [1.82, 2.24) is 14.6 Å². The molecule has 0 bridgehead atoms. The van der Waals surface area contributed by atoms with Crippen molar-refractivity contribution >= 4 is 44.8 Å². The molecule has 1 aliphatic heterocycles. The molecule has 5 aromatic rings. The Kier molecular flexibility index (Phi) is 6.18. The van der Waals surface area contributed by atoms with E-state index in [2.05, 4.69) is 42.0 Å². The van der Waals surface area contributed by atoms with Crippen molar-refractivity contribution in [2.75, 3.05) is 22.7 Å². The van der Waals surface area contributed by atoms with Crippen LogP contribution in [0.5, 0.6) is 17.2 Å². The summed E-state index contributed by atoms with van der Waals surface area (Å²) in [6.45, 7) is 0.626. The maximum absolute atomic E-state index is 12.6. The standard InChI is InChI=1S/C27H21BrN6O4/c28-20-14-30-34-25(12-21(33-26(20)34)19-6-1-2-7-22(19)35)29-13-16-4-3-5-17(10-16)31-27(36)32-18-8-9-23-24(11-18)38-15-37-23/h1-12,14,29,35H,13,15H2,(H2,31,32,36).